The van der Waals surface area contributed by atoms with E-state index in [2.05, 4.69) is 49.6 Å². The topological polar surface area (TPSA) is 79.8 Å². The molecule has 1 aromatic heterocycles. The molecule has 9 heteroatoms. The van der Waals surface area contributed by atoms with Crippen molar-refractivity contribution in [2.45, 2.75) is 13.0 Å². The van der Waals surface area contributed by atoms with Gasteiger partial charge in [-0.15, -0.1) is 10.2 Å². The SMILES string of the molecule is O=C(CN1CCN(Cc2ccc3c(c2)OCO3)CC1)Nc1nnc(Cc2ccccc2)s1. The lowest BCUT2D eigenvalue weighted by atomic mass is 10.1. The quantitative estimate of drug-likeness (QED) is 0.592. The minimum Gasteiger partial charge on any atom is -0.454 e. The highest BCUT2D eigenvalue weighted by atomic mass is 32.1. The van der Waals surface area contributed by atoms with E-state index in [9.17, 15) is 4.79 Å². The van der Waals surface area contributed by atoms with Gasteiger partial charge in [-0.25, -0.2) is 0 Å². The number of anilines is 1. The molecule has 0 atom stereocenters. The van der Waals surface area contributed by atoms with Crippen LogP contribution in [0.4, 0.5) is 5.13 Å². The summed E-state index contributed by atoms with van der Waals surface area (Å²) in [5, 5.41) is 12.7. The molecule has 1 amide bonds. The fourth-order valence-corrected chi connectivity index (χ4v) is 4.70. The number of amides is 1. The number of benzene rings is 2. The Morgan fingerprint density at radius 3 is 2.56 bits per heavy atom. The van der Waals surface area contributed by atoms with Crippen LogP contribution >= 0.6 is 11.3 Å². The van der Waals surface area contributed by atoms with Crippen LogP contribution in [0.3, 0.4) is 0 Å². The van der Waals surface area contributed by atoms with Crippen molar-refractivity contribution in [1.29, 1.82) is 0 Å². The van der Waals surface area contributed by atoms with E-state index < -0.39 is 0 Å². The molecule has 5 rings (SSSR count). The van der Waals surface area contributed by atoms with Crippen LogP contribution in [0.1, 0.15) is 16.1 Å². The number of nitrogens with zero attached hydrogens (tertiary/aromatic N) is 4. The van der Waals surface area contributed by atoms with E-state index in [4.69, 9.17) is 9.47 Å². The Morgan fingerprint density at radius 2 is 1.72 bits per heavy atom. The van der Waals surface area contributed by atoms with Gasteiger partial charge < -0.3 is 9.47 Å². The highest BCUT2D eigenvalue weighted by Crippen LogP contribution is 2.32. The monoisotopic (exact) mass is 451 g/mol. The third-order valence-corrected chi connectivity index (χ3v) is 6.43. The number of ether oxygens (including phenoxy) is 2. The van der Waals surface area contributed by atoms with Gasteiger partial charge in [-0.1, -0.05) is 47.7 Å². The molecule has 1 N–H and O–H groups in total. The largest absolute Gasteiger partial charge is 0.454 e. The summed E-state index contributed by atoms with van der Waals surface area (Å²) in [6.45, 7) is 5.08. The van der Waals surface area contributed by atoms with Gasteiger partial charge in [0.2, 0.25) is 17.8 Å². The number of fused-ring (bicyclic) bond motifs is 1. The second-order valence-corrected chi connectivity index (χ2v) is 9.01. The maximum absolute atomic E-state index is 12.5. The second kappa shape index (κ2) is 9.64. The van der Waals surface area contributed by atoms with Gasteiger partial charge in [-0.3, -0.25) is 19.9 Å². The van der Waals surface area contributed by atoms with Gasteiger partial charge >= 0.3 is 0 Å². The number of carbonyl (C=O) groups is 1. The Balaban J connectivity index is 1.06. The van der Waals surface area contributed by atoms with Crippen LogP contribution in [-0.2, 0) is 17.8 Å². The van der Waals surface area contributed by atoms with E-state index in [0.717, 1.165) is 55.7 Å². The van der Waals surface area contributed by atoms with Crippen molar-refractivity contribution < 1.29 is 14.3 Å². The van der Waals surface area contributed by atoms with Crippen molar-refractivity contribution in [2.24, 2.45) is 0 Å². The highest BCUT2D eigenvalue weighted by Gasteiger charge is 2.21. The molecule has 0 saturated carbocycles. The molecular weight excluding hydrogens is 426 g/mol. The Morgan fingerprint density at radius 1 is 0.938 bits per heavy atom. The van der Waals surface area contributed by atoms with Crippen LogP contribution < -0.4 is 14.8 Å². The van der Waals surface area contributed by atoms with Crippen LogP contribution in [0.15, 0.2) is 48.5 Å². The molecule has 2 aliphatic rings. The molecular formula is C23H25N5O3S. The average molecular weight is 452 g/mol. The minimum atomic E-state index is -0.0448. The normalized spacial score (nSPS) is 16.2. The first-order chi connectivity index (χ1) is 15.7. The van der Waals surface area contributed by atoms with Gasteiger partial charge in [0.1, 0.15) is 5.01 Å². The molecule has 1 fully saturated rings. The van der Waals surface area contributed by atoms with Gasteiger partial charge in [0.25, 0.3) is 0 Å². The summed E-state index contributed by atoms with van der Waals surface area (Å²) in [5.41, 5.74) is 2.39. The first-order valence-electron chi connectivity index (χ1n) is 10.7. The van der Waals surface area contributed by atoms with Gasteiger partial charge in [0.15, 0.2) is 11.5 Å². The molecule has 32 heavy (non-hydrogen) atoms. The predicted octanol–water partition coefficient (Wildman–Crippen LogP) is 2.61. The molecule has 3 heterocycles. The highest BCUT2D eigenvalue weighted by molar-refractivity contribution is 7.15. The van der Waals surface area contributed by atoms with E-state index in [0.29, 0.717) is 18.5 Å². The molecule has 3 aromatic rings. The van der Waals surface area contributed by atoms with Crippen molar-refractivity contribution >= 4 is 22.4 Å². The molecule has 0 unspecified atom stereocenters. The Kier molecular flexibility index (Phi) is 6.29. The van der Waals surface area contributed by atoms with Gasteiger partial charge in [-0.05, 0) is 23.3 Å². The van der Waals surface area contributed by atoms with Crippen molar-refractivity contribution in [3.8, 4) is 11.5 Å². The fourth-order valence-electron chi connectivity index (χ4n) is 3.91. The van der Waals surface area contributed by atoms with Crippen molar-refractivity contribution in [2.75, 3.05) is 44.8 Å². The predicted molar refractivity (Wildman–Crippen MR) is 122 cm³/mol. The molecule has 166 valence electrons. The van der Waals surface area contributed by atoms with E-state index >= 15 is 0 Å². The molecule has 0 radical (unpaired) electrons. The zero-order chi connectivity index (χ0) is 21.8. The number of nitrogens with one attached hydrogen (secondary N) is 1. The standard InChI is InChI=1S/C23H25N5O3S/c29-21(24-23-26-25-22(32-23)13-17-4-2-1-3-5-17)15-28-10-8-27(9-11-28)14-18-6-7-19-20(12-18)31-16-30-19/h1-7,12H,8-11,13-16H2,(H,24,26,29). The molecule has 2 aromatic carbocycles. The molecule has 0 aliphatic carbocycles. The first-order valence-corrected chi connectivity index (χ1v) is 11.5. The third-order valence-electron chi connectivity index (χ3n) is 5.59. The summed E-state index contributed by atoms with van der Waals surface area (Å²) in [6.07, 6.45) is 0.722. The fraction of sp³-hybridized carbons (Fsp3) is 0.348. The maximum atomic E-state index is 12.5. The minimum absolute atomic E-state index is 0.0448. The van der Waals surface area contributed by atoms with Crippen LogP contribution in [0.2, 0.25) is 0 Å². The van der Waals surface area contributed by atoms with Crippen LogP contribution in [0.25, 0.3) is 0 Å². The number of piperazine rings is 1. The molecule has 0 bridgehead atoms. The Bertz CT molecular complexity index is 1070. The summed E-state index contributed by atoms with van der Waals surface area (Å²) >= 11 is 1.43. The van der Waals surface area contributed by atoms with Crippen LogP contribution in [0.5, 0.6) is 11.5 Å². The molecule has 2 aliphatic heterocycles. The van der Waals surface area contributed by atoms with Crippen molar-refractivity contribution in [1.82, 2.24) is 20.0 Å². The van der Waals surface area contributed by atoms with Crippen LogP contribution in [-0.4, -0.2) is 65.4 Å². The summed E-state index contributed by atoms with van der Waals surface area (Å²) in [4.78, 5) is 17.0. The van der Waals surface area contributed by atoms with E-state index in [1.807, 2.05) is 24.3 Å². The summed E-state index contributed by atoms with van der Waals surface area (Å²) in [7, 11) is 0. The van der Waals surface area contributed by atoms with Crippen LogP contribution in [0, 0.1) is 0 Å². The lowest BCUT2D eigenvalue weighted by Gasteiger charge is -2.34. The lowest BCUT2D eigenvalue weighted by Crippen LogP contribution is -2.48. The van der Waals surface area contributed by atoms with E-state index in [1.54, 1.807) is 0 Å². The summed E-state index contributed by atoms with van der Waals surface area (Å²) < 4.78 is 10.8. The first kappa shape index (κ1) is 20.9. The number of hydrogen-bond donors (Lipinski definition) is 1. The van der Waals surface area contributed by atoms with Gasteiger partial charge in [-0.2, -0.15) is 0 Å². The van der Waals surface area contributed by atoms with Crippen molar-refractivity contribution in [3.05, 3.63) is 64.7 Å². The molecule has 0 spiro atoms. The maximum Gasteiger partial charge on any atom is 0.240 e. The van der Waals surface area contributed by atoms with Gasteiger partial charge in [0.05, 0.1) is 6.54 Å². The number of rotatable bonds is 7. The second-order valence-electron chi connectivity index (χ2n) is 7.95. The summed E-state index contributed by atoms with van der Waals surface area (Å²) in [6, 6.07) is 16.2. The summed E-state index contributed by atoms with van der Waals surface area (Å²) in [5.74, 6) is 1.59. The molecule has 1 saturated heterocycles. The van der Waals surface area contributed by atoms with E-state index in [-0.39, 0.29) is 5.91 Å². The van der Waals surface area contributed by atoms with Gasteiger partial charge in [0, 0.05) is 39.1 Å². The lowest BCUT2D eigenvalue weighted by molar-refractivity contribution is -0.117. The smallest absolute Gasteiger partial charge is 0.240 e. The van der Waals surface area contributed by atoms with E-state index in [1.165, 1.54) is 22.5 Å². The zero-order valence-corrected chi connectivity index (χ0v) is 18.5. The number of hydrogen-bond acceptors (Lipinski definition) is 8. The average Bonchev–Trinajstić information content (AvgIpc) is 3.45. The molecule has 8 nitrogen and oxygen atoms in total. The zero-order valence-electron chi connectivity index (χ0n) is 17.7. The Hall–Kier alpha value is -3.01. The van der Waals surface area contributed by atoms with Crippen molar-refractivity contribution in [3.63, 3.8) is 0 Å². The third kappa shape index (κ3) is 5.24. The Labute approximate surface area is 190 Å². The number of carbonyl (C=O) groups excluding carboxylic acids is 1. The number of aromatic nitrogens is 2.